The van der Waals surface area contributed by atoms with Gasteiger partial charge in [0, 0.05) is 22.3 Å². The van der Waals surface area contributed by atoms with Crippen LogP contribution >= 0.6 is 15.9 Å². The summed E-state index contributed by atoms with van der Waals surface area (Å²) in [6.07, 6.45) is 2.44. The Bertz CT molecular complexity index is 607. The molecule has 4 atom stereocenters. The zero-order valence-electron chi connectivity index (χ0n) is 11.1. The van der Waals surface area contributed by atoms with Crippen LogP contribution in [0.2, 0.25) is 0 Å². The largest absolute Gasteiger partial charge is 0.550 e. The molecule has 2 fully saturated rings. The van der Waals surface area contributed by atoms with Gasteiger partial charge in [0.25, 0.3) is 0 Å². The zero-order chi connectivity index (χ0) is 15.1. The van der Waals surface area contributed by atoms with Crippen molar-refractivity contribution in [3.05, 3.63) is 28.5 Å². The standard InChI is InChI=1S/C15H15BrFNO3/c16-9-3-4-11(10(17)6-9)18-14(19)12-7-1-2-8(5-7)13(12)15(20)21/h3-4,6-8,12-13H,1-2,5H2,(H,18,19)(H,20,21)/p-1/t7-,8+,12+,13+/m1/s1. The number of benzene rings is 1. The van der Waals surface area contributed by atoms with Crippen LogP contribution in [-0.4, -0.2) is 11.9 Å². The number of amides is 1. The lowest BCUT2D eigenvalue weighted by Crippen LogP contribution is -2.44. The molecule has 1 aromatic rings. The molecule has 2 saturated carbocycles. The molecule has 0 aromatic heterocycles. The van der Waals surface area contributed by atoms with Crippen molar-refractivity contribution in [3.8, 4) is 0 Å². The zero-order valence-corrected chi connectivity index (χ0v) is 12.7. The van der Waals surface area contributed by atoms with Crippen LogP contribution in [0.5, 0.6) is 0 Å². The number of carbonyl (C=O) groups excluding carboxylic acids is 2. The highest BCUT2D eigenvalue weighted by Crippen LogP contribution is 2.52. The number of rotatable bonds is 3. The summed E-state index contributed by atoms with van der Waals surface area (Å²) in [4.78, 5) is 23.7. The Morgan fingerprint density at radius 1 is 1.24 bits per heavy atom. The van der Waals surface area contributed by atoms with Gasteiger partial charge in [0.15, 0.2) is 0 Å². The quantitative estimate of drug-likeness (QED) is 0.901. The summed E-state index contributed by atoms with van der Waals surface area (Å²) in [5, 5.41) is 13.8. The molecule has 0 saturated heterocycles. The van der Waals surface area contributed by atoms with Crippen LogP contribution < -0.4 is 10.4 Å². The van der Waals surface area contributed by atoms with E-state index in [0.717, 1.165) is 19.3 Å². The Morgan fingerprint density at radius 3 is 2.52 bits per heavy atom. The van der Waals surface area contributed by atoms with Crippen molar-refractivity contribution in [3.63, 3.8) is 0 Å². The van der Waals surface area contributed by atoms with Gasteiger partial charge in [-0.3, -0.25) is 4.79 Å². The van der Waals surface area contributed by atoms with Crippen molar-refractivity contribution < 1.29 is 19.1 Å². The molecular weight excluding hydrogens is 341 g/mol. The van der Waals surface area contributed by atoms with E-state index in [-0.39, 0.29) is 17.5 Å². The fourth-order valence-electron chi connectivity index (χ4n) is 3.81. The van der Waals surface area contributed by atoms with Gasteiger partial charge in [0.1, 0.15) is 5.82 Å². The number of carbonyl (C=O) groups is 2. The van der Waals surface area contributed by atoms with Crippen LogP contribution in [0, 0.1) is 29.5 Å². The number of hydrogen-bond donors (Lipinski definition) is 1. The van der Waals surface area contributed by atoms with Crippen molar-refractivity contribution in [1.29, 1.82) is 0 Å². The molecule has 0 unspecified atom stereocenters. The normalized spacial score (nSPS) is 30.4. The first-order valence-electron chi connectivity index (χ1n) is 6.94. The van der Waals surface area contributed by atoms with Crippen LogP contribution in [0.4, 0.5) is 10.1 Å². The van der Waals surface area contributed by atoms with Crippen LogP contribution in [0.3, 0.4) is 0 Å². The minimum absolute atomic E-state index is 0.0190. The van der Waals surface area contributed by atoms with Crippen LogP contribution in [0.25, 0.3) is 0 Å². The first kappa shape index (κ1) is 14.5. The van der Waals surface area contributed by atoms with E-state index in [4.69, 9.17) is 0 Å². The summed E-state index contributed by atoms with van der Waals surface area (Å²) in [5.41, 5.74) is 0.0723. The minimum atomic E-state index is -1.17. The number of aliphatic carboxylic acids is 1. The average Bonchev–Trinajstić information content (AvgIpc) is 3.02. The second-order valence-electron chi connectivity index (χ2n) is 5.82. The fourth-order valence-corrected chi connectivity index (χ4v) is 4.15. The van der Waals surface area contributed by atoms with Gasteiger partial charge < -0.3 is 15.2 Å². The van der Waals surface area contributed by atoms with Gasteiger partial charge in [0.2, 0.25) is 5.91 Å². The molecule has 1 aromatic carbocycles. The summed E-state index contributed by atoms with van der Waals surface area (Å²) in [6, 6.07) is 4.33. The number of carboxylic acids is 1. The van der Waals surface area contributed by atoms with Gasteiger partial charge in [-0.25, -0.2) is 4.39 Å². The minimum Gasteiger partial charge on any atom is -0.550 e. The van der Waals surface area contributed by atoms with E-state index < -0.39 is 29.5 Å². The monoisotopic (exact) mass is 354 g/mol. The second kappa shape index (κ2) is 5.40. The summed E-state index contributed by atoms with van der Waals surface area (Å²) < 4.78 is 14.3. The van der Waals surface area contributed by atoms with Gasteiger partial charge in [-0.05, 0) is 49.3 Å². The molecule has 6 heteroatoms. The Hall–Kier alpha value is -1.43. The van der Waals surface area contributed by atoms with Crippen LogP contribution in [-0.2, 0) is 9.59 Å². The molecule has 2 bridgehead atoms. The maximum Gasteiger partial charge on any atom is 0.228 e. The summed E-state index contributed by atoms with van der Waals surface area (Å²) in [5.74, 6) is -3.41. The van der Waals surface area contributed by atoms with Gasteiger partial charge in [-0.1, -0.05) is 15.9 Å². The maximum atomic E-state index is 13.8. The third-order valence-corrected chi connectivity index (χ3v) is 5.17. The highest BCUT2D eigenvalue weighted by atomic mass is 79.9. The molecular formula is C15H14BrFNO3-. The lowest BCUT2D eigenvalue weighted by atomic mass is 9.78. The van der Waals surface area contributed by atoms with E-state index in [1.165, 1.54) is 12.1 Å². The van der Waals surface area contributed by atoms with E-state index in [1.807, 2.05) is 0 Å². The number of hydrogen-bond acceptors (Lipinski definition) is 3. The van der Waals surface area contributed by atoms with Crippen LogP contribution in [0.15, 0.2) is 22.7 Å². The number of fused-ring (bicyclic) bond motifs is 2. The second-order valence-corrected chi connectivity index (χ2v) is 6.73. The molecule has 1 amide bonds. The smallest absolute Gasteiger partial charge is 0.228 e. The van der Waals surface area contributed by atoms with Crippen LogP contribution in [0.1, 0.15) is 19.3 Å². The molecule has 0 spiro atoms. The molecule has 4 nitrogen and oxygen atoms in total. The average molecular weight is 355 g/mol. The summed E-state index contributed by atoms with van der Waals surface area (Å²) in [6.45, 7) is 0. The van der Waals surface area contributed by atoms with E-state index in [2.05, 4.69) is 21.2 Å². The van der Waals surface area contributed by atoms with Crippen molar-refractivity contribution >= 4 is 33.5 Å². The Labute approximate surface area is 129 Å². The molecule has 21 heavy (non-hydrogen) atoms. The van der Waals surface area contributed by atoms with E-state index in [0.29, 0.717) is 4.47 Å². The van der Waals surface area contributed by atoms with E-state index in [9.17, 15) is 19.1 Å². The number of nitrogens with one attached hydrogen (secondary N) is 1. The predicted molar refractivity (Wildman–Crippen MR) is 75.5 cm³/mol. The van der Waals surface area contributed by atoms with Crippen molar-refractivity contribution in [1.82, 2.24) is 0 Å². The Balaban J connectivity index is 1.80. The third-order valence-electron chi connectivity index (χ3n) is 4.68. The fraction of sp³-hybridized carbons (Fsp3) is 0.467. The van der Waals surface area contributed by atoms with Gasteiger partial charge in [0.05, 0.1) is 5.69 Å². The predicted octanol–water partition coefficient (Wildman–Crippen LogP) is 1.94. The maximum absolute atomic E-state index is 13.8. The van der Waals surface area contributed by atoms with Crippen molar-refractivity contribution in [2.24, 2.45) is 23.7 Å². The van der Waals surface area contributed by atoms with Gasteiger partial charge >= 0.3 is 0 Å². The summed E-state index contributed by atoms with van der Waals surface area (Å²) in [7, 11) is 0. The molecule has 2 aliphatic rings. The number of anilines is 1. The number of carboxylic acid groups (broad SMARTS) is 1. The Kier molecular flexibility index (Phi) is 3.73. The molecule has 2 aliphatic carbocycles. The van der Waals surface area contributed by atoms with E-state index >= 15 is 0 Å². The third kappa shape index (κ3) is 2.57. The number of halogens is 2. The molecule has 0 aliphatic heterocycles. The Morgan fingerprint density at radius 2 is 1.90 bits per heavy atom. The first-order valence-corrected chi connectivity index (χ1v) is 7.73. The van der Waals surface area contributed by atoms with Crippen molar-refractivity contribution in [2.45, 2.75) is 19.3 Å². The lowest BCUT2D eigenvalue weighted by Gasteiger charge is -2.30. The van der Waals surface area contributed by atoms with Crippen molar-refractivity contribution in [2.75, 3.05) is 5.32 Å². The molecule has 1 N–H and O–H groups in total. The summed E-state index contributed by atoms with van der Waals surface area (Å²) >= 11 is 3.15. The molecule has 112 valence electrons. The SMILES string of the molecule is O=C([O-])[C@H]1[C@H]2CC[C@H](C2)[C@@H]1C(=O)Nc1ccc(Br)cc1F. The highest BCUT2D eigenvalue weighted by Gasteiger charge is 2.51. The van der Waals surface area contributed by atoms with Gasteiger partial charge in [-0.2, -0.15) is 0 Å². The highest BCUT2D eigenvalue weighted by molar-refractivity contribution is 9.10. The molecule has 3 rings (SSSR count). The van der Waals surface area contributed by atoms with E-state index in [1.54, 1.807) is 6.07 Å². The van der Waals surface area contributed by atoms with Gasteiger partial charge in [-0.15, -0.1) is 0 Å². The molecule has 0 heterocycles. The topological polar surface area (TPSA) is 69.2 Å². The first-order chi connectivity index (χ1) is 9.97. The lowest BCUT2D eigenvalue weighted by molar-refractivity contribution is -0.314. The molecule has 0 radical (unpaired) electrons.